The van der Waals surface area contributed by atoms with Crippen LogP contribution in [-0.4, -0.2) is 38.9 Å². The maximum Gasteiger partial charge on any atom is 0.243 e. The van der Waals surface area contributed by atoms with E-state index in [9.17, 15) is 8.42 Å². The molecule has 0 aromatic heterocycles. The molecule has 0 bridgehead atoms. The second kappa shape index (κ2) is 7.55. The molecule has 0 N–H and O–H groups in total. The fourth-order valence-corrected chi connectivity index (χ4v) is 5.15. The molecule has 1 aliphatic rings. The molecule has 0 unspecified atom stereocenters. The number of nitrogens with zero attached hydrogens (tertiary/aromatic N) is 2. The molecular formula is C22H22N2O2S. The van der Waals surface area contributed by atoms with Gasteiger partial charge in [0, 0.05) is 37.4 Å². The van der Waals surface area contributed by atoms with Gasteiger partial charge in [-0.3, -0.25) is 0 Å². The Labute approximate surface area is 160 Å². The molecule has 1 saturated heterocycles. The normalized spacial score (nSPS) is 15.6. The van der Waals surface area contributed by atoms with E-state index in [-0.39, 0.29) is 0 Å². The van der Waals surface area contributed by atoms with E-state index in [1.54, 1.807) is 16.4 Å². The number of rotatable bonds is 4. The third-order valence-corrected chi connectivity index (χ3v) is 6.91. The Morgan fingerprint density at radius 3 is 1.85 bits per heavy atom. The second-order valence-corrected chi connectivity index (χ2v) is 8.50. The first kappa shape index (κ1) is 17.8. The molecule has 4 rings (SSSR count). The van der Waals surface area contributed by atoms with Gasteiger partial charge in [0.1, 0.15) is 0 Å². The van der Waals surface area contributed by atoms with E-state index in [1.807, 2.05) is 60.7 Å². The Hall–Kier alpha value is -2.63. The van der Waals surface area contributed by atoms with Crippen LogP contribution in [0.4, 0.5) is 5.69 Å². The van der Waals surface area contributed by atoms with Crippen molar-refractivity contribution in [2.75, 3.05) is 31.1 Å². The summed E-state index contributed by atoms with van der Waals surface area (Å²) >= 11 is 0. The maximum atomic E-state index is 13.3. The fourth-order valence-electron chi connectivity index (χ4n) is 3.51. The lowest BCUT2D eigenvalue weighted by molar-refractivity contribution is 0.385. The average molecular weight is 378 g/mol. The van der Waals surface area contributed by atoms with E-state index < -0.39 is 10.0 Å². The summed E-state index contributed by atoms with van der Waals surface area (Å²) in [5, 5.41) is 0. The van der Waals surface area contributed by atoms with Crippen molar-refractivity contribution in [3.63, 3.8) is 0 Å². The summed E-state index contributed by atoms with van der Waals surface area (Å²) in [6.45, 7) is 2.36. The van der Waals surface area contributed by atoms with E-state index in [4.69, 9.17) is 0 Å². The molecule has 1 heterocycles. The molecule has 0 atom stereocenters. The minimum absolute atomic E-state index is 0.379. The summed E-state index contributed by atoms with van der Waals surface area (Å²) in [6, 6.07) is 27.1. The Morgan fingerprint density at radius 1 is 0.630 bits per heavy atom. The Balaban J connectivity index is 1.59. The number of hydrogen-bond donors (Lipinski definition) is 0. The molecule has 0 spiro atoms. The Kier molecular flexibility index (Phi) is 4.97. The quantitative estimate of drug-likeness (QED) is 0.692. The highest BCUT2D eigenvalue weighted by Gasteiger charge is 2.30. The SMILES string of the molecule is O=S(=O)(c1ccccc1-c1ccccc1)N1CCN(c2ccccc2)CC1. The first-order valence-electron chi connectivity index (χ1n) is 9.11. The van der Waals surface area contributed by atoms with Crippen LogP contribution in [0, 0.1) is 0 Å². The van der Waals surface area contributed by atoms with E-state index in [0.29, 0.717) is 31.1 Å². The summed E-state index contributed by atoms with van der Waals surface area (Å²) < 4.78 is 28.3. The van der Waals surface area contributed by atoms with E-state index in [2.05, 4.69) is 17.0 Å². The van der Waals surface area contributed by atoms with Crippen molar-refractivity contribution in [3.8, 4) is 11.1 Å². The molecule has 1 aliphatic heterocycles. The van der Waals surface area contributed by atoms with Crippen LogP contribution in [-0.2, 0) is 10.0 Å². The van der Waals surface area contributed by atoms with Gasteiger partial charge in [0.25, 0.3) is 0 Å². The number of sulfonamides is 1. The van der Waals surface area contributed by atoms with Crippen LogP contribution in [0.3, 0.4) is 0 Å². The predicted molar refractivity (Wildman–Crippen MR) is 109 cm³/mol. The second-order valence-electron chi connectivity index (χ2n) is 6.59. The molecule has 138 valence electrons. The van der Waals surface area contributed by atoms with Gasteiger partial charge in [0.15, 0.2) is 0 Å². The van der Waals surface area contributed by atoms with E-state index in [1.165, 1.54) is 0 Å². The minimum atomic E-state index is -3.54. The zero-order valence-corrected chi connectivity index (χ0v) is 15.8. The first-order chi connectivity index (χ1) is 13.2. The molecule has 0 saturated carbocycles. The third kappa shape index (κ3) is 3.61. The summed E-state index contributed by atoms with van der Waals surface area (Å²) in [5.74, 6) is 0. The summed E-state index contributed by atoms with van der Waals surface area (Å²) in [5.41, 5.74) is 2.81. The van der Waals surface area contributed by atoms with Gasteiger partial charge in [-0.25, -0.2) is 8.42 Å². The van der Waals surface area contributed by atoms with Crippen molar-refractivity contribution < 1.29 is 8.42 Å². The van der Waals surface area contributed by atoms with Crippen LogP contribution >= 0.6 is 0 Å². The predicted octanol–water partition coefficient (Wildman–Crippen LogP) is 3.86. The zero-order valence-electron chi connectivity index (χ0n) is 15.0. The number of anilines is 1. The van der Waals surface area contributed by atoms with Gasteiger partial charge in [-0.15, -0.1) is 0 Å². The molecule has 5 heteroatoms. The number of piperazine rings is 1. The molecular weight excluding hydrogens is 356 g/mol. The van der Waals surface area contributed by atoms with Crippen LogP contribution in [0.1, 0.15) is 0 Å². The van der Waals surface area contributed by atoms with Crippen LogP contribution in [0.15, 0.2) is 89.8 Å². The molecule has 4 nitrogen and oxygen atoms in total. The lowest BCUT2D eigenvalue weighted by Gasteiger charge is -2.35. The zero-order chi connectivity index (χ0) is 18.7. The van der Waals surface area contributed by atoms with Crippen molar-refractivity contribution in [2.24, 2.45) is 0 Å². The van der Waals surface area contributed by atoms with Crippen molar-refractivity contribution in [2.45, 2.75) is 4.90 Å². The Bertz CT molecular complexity index is 997. The van der Waals surface area contributed by atoms with Crippen LogP contribution in [0.25, 0.3) is 11.1 Å². The number of benzene rings is 3. The fraction of sp³-hybridized carbons (Fsp3) is 0.182. The van der Waals surface area contributed by atoms with Crippen LogP contribution < -0.4 is 4.90 Å². The summed E-state index contributed by atoms with van der Waals surface area (Å²) in [7, 11) is -3.54. The molecule has 0 amide bonds. The summed E-state index contributed by atoms with van der Waals surface area (Å²) in [6.07, 6.45) is 0. The molecule has 0 radical (unpaired) electrons. The molecule has 3 aromatic rings. The van der Waals surface area contributed by atoms with Crippen LogP contribution in [0.2, 0.25) is 0 Å². The van der Waals surface area contributed by atoms with Gasteiger partial charge in [0.2, 0.25) is 10.0 Å². The first-order valence-corrected chi connectivity index (χ1v) is 10.5. The monoisotopic (exact) mass is 378 g/mol. The average Bonchev–Trinajstić information content (AvgIpc) is 2.75. The third-order valence-electron chi connectivity index (χ3n) is 4.95. The number of para-hydroxylation sites is 1. The van der Waals surface area contributed by atoms with Gasteiger partial charge in [-0.2, -0.15) is 4.31 Å². The lowest BCUT2D eigenvalue weighted by Crippen LogP contribution is -2.48. The molecule has 1 fully saturated rings. The van der Waals surface area contributed by atoms with Gasteiger partial charge < -0.3 is 4.90 Å². The topological polar surface area (TPSA) is 40.6 Å². The van der Waals surface area contributed by atoms with Crippen molar-refractivity contribution in [1.29, 1.82) is 0 Å². The van der Waals surface area contributed by atoms with Gasteiger partial charge in [0.05, 0.1) is 4.90 Å². The van der Waals surface area contributed by atoms with Crippen LogP contribution in [0.5, 0.6) is 0 Å². The highest BCUT2D eigenvalue weighted by Crippen LogP contribution is 2.30. The van der Waals surface area contributed by atoms with Gasteiger partial charge in [-0.1, -0.05) is 66.7 Å². The smallest absolute Gasteiger partial charge is 0.243 e. The highest BCUT2D eigenvalue weighted by atomic mass is 32.2. The molecule has 3 aromatic carbocycles. The maximum absolute atomic E-state index is 13.3. The number of hydrogen-bond acceptors (Lipinski definition) is 3. The van der Waals surface area contributed by atoms with Gasteiger partial charge >= 0.3 is 0 Å². The highest BCUT2D eigenvalue weighted by molar-refractivity contribution is 7.89. The Morgan fingerprint density at radius 2 is 1.19 bits per heavy atom. The van der Waals surface area contributed by atoms with E-state index >= 15 is 0 Å². The minimum Gasteiger partial charge on any atom is -0.369 e. The molecule has 0 aliphatic carbocycles. The van der Waals surface area contributed by atoms with Gasteiger partial charge in [-0.05, 0) is 23.8 Å². The molecule has 27 heavy (non-hydrogen) atoms. The van der Waals surface area contributed by atoms with Crippen molar-refractivity contribution in [1.82, 2.24) is 4.31 Å². The van der Waals surface area contributed by atoms with E-state index in [0.717, 1.165) is 16.8 Å². The largest absolute Gasteiger partial charge is 0.369 e. The standard InChI is InChI=1S/C22H22N2O2S/c25-27(26,22-14-8-7-13-21(22)19-9-3-1-4-10-19)24-17-15-23(16-18-24)20-11-5-2-6-12-20/h1-14H,15-18H2. The van der Waals surface area contributed by atoms with Crippen molar-refractivity contribution in [3.05, 3.63) is 84.9 Å². The lowest BCUT2D eigenvalue weighted by atomic mass is 10.1. The summed E-state index contributed by atoms with van der Waals surface area (Å²) in [4.78, 5) is 2.61. The van der Waals surface area contributed by atoms with Crippen molar-refractivity contribution >= 4 is 15.7 Å².